The molecule has 18 heavy (non-hydrogen) atoms. The third-order valence-corrected chi connectivity index (χ3v) is 2.83. The van der Waals surface area contributed by atoms with Crippen LogP contribution < -0.4 is 0 Å². The molecule has 0 spiro atoms. The van der Waals surface area contributed by atoms with Crippen LogP contribution >= 0.6 is 0 Å². The third-order valence-electron chi connectivity index (χ3n) is 2.83. The Bertz CT molecular complexity index is 395. The van der Waals surface area contributed by atoms with E-state index in [4.69, 9.17) is 15.3 Å². The van der Waals surface area contributed by atoms with Crippen LogP contribution in [0.25, 0.3) is 0 Å². The van der Waals surface area contributed by atoms with Crippen molar-refractivity contribution in [3.63, 3.8) is 0 Å². The number of aliphatic hydroxyl groups is 2. The zero-order chi connectivity index (χ0) is 13.5. The number of hydrogen-bond acceptors (Lipinski definition) is 3. The summed E-state index contributed by atoms with van der Waals surface area (Å²) in [5.41, 5.74) is 1.27. The number of hydrogen-bond donors (Lipinski definition) is 3. The van der Waals surface area contributed by atoms with E-state index in [9.17, 15) is 4.79 Å². The topological polar surface area (TPSA) is 77.8 Å². The van der Waals surface area contributed by atoms with Crippen LogP contribution in [0.2, 0.25) is 0 Å². The van der Waals surface area contributed by atoms with E-state index in [1.54, 1.807) is 30.3 Å². The number of carbonyl (C=O) groups is 1. The van der Waals surface area contributed by atoms with Crippen molar-refractivity contribution in [3.8, 4) is 0 Å². The molecule has 1 aromatic rings. The molecule has 1 atom stereocenters. The van der Waals surface area contributed by atoms with Gasteiger partial charge in [0.2, 0.25) is 0 Å². The summed E-state index contributed by atoms with van der Waals surface area (Å²) in [4.78, 5) is 11.1. The highest BCUT2D eigenvalue weighted by Gasteiger charge is 2.17. The van der Waals surface area contributed by atoms with Crippen molar-refractivity contribution < 1.29 is 20.1 Å². The van der Waals surface area contributed by atoms with Crippen molar-refractivity contribution in [2.24, 2.45) is 5.92 Å². The van der Waals surface area contributed by atoms with Crippen LogP contribution in [0.15, 0.2) is 36.9 Å². The van der Waals surface area contributed by atoms with E-state index in [-0.39, 0.29) is 0 Å². The molecule has 0 fully saturated rings. The second kappa shape index (κ2) is 6.93. The van der Waals surface area contributed by atoms with Gasteiger partial charge in [-0.1, -0.05) is 30.3 Å². The number of allylic oxidation sites excluding steroid dienone is 1. The average molecular weight is 250 g/mol. The molecular weight excluding hydrogens is 232 g/mol. The van der Waals surface area contributed by atoms with Gasteiger partial charge in [0.25, 0.3) is 0 Å². The third kappa shape index (κ3) is 4.31. The van der Waals surface area contributed by atoms with Gasteiger partial charge in [-0.15, -0.1) is 6.58 Å². The molecule has 0 aromatic heterocycles. The van der Waals surface area contributed by atoms with E-state index in [2.05, 4.69) is 6.58 Å². The van der Waals surface area contributed by atoms with E-state index in [1.165, 1.54) is 0 Å². The normalized spacial score (nSPS) is 12.4. The summed E-state index contributed by atoms with van der Waals surface area (Å²) in [5, 5.41) is 27.0. The molecule has 1 unspecified atom stereocenters. The molecule has 0 saturated carbocycles. The molecule has 98 valence electrons. The van der Waals surface area contributed by atoms with E-state index in [1.807, 2.05) is 0 Å². The summed E-state index contributed by atoms with van der Waals surface area (Å²) in [6, 6.07) is 6.62. The minimum atomic E-state index is -1.49. The molecule has 0 amide bonds. The first kappa shape index (κ1) is 14.4. The van der Waals surface area contributed by atoms with Crippen molar-refractivity contribution in [3.05, 3.63) is 48.0 Å². The van der Waals surface area contributed by atoms with Crippen LogP contribution in [0.4, 0.5) is 0 Å². The van der Waals surface area contributed by atoms with Crippen LogP contribution in [0, 0.1) is 5.92 Å². The van der Waals surface area contributed by atoms with Gasteiger partial charge in [-0.2, -0.15) is 0 Å². The van der Waals surface area contributed by atoms with Crippen molar-refractivity contribution >= 4 is 5.97 Å². The molecule has 0 aliphatic carbocycles. The molecule has 0 bridgehead atoms. The lowest BCUT2D eigenvalue weighted by Gasteiger charge is -2.12. The molecule has 0 radical (unpaired) electrons. The molecule has 1 aromatic carbocycles. The summed E-state index contributed by atoms with van der Waals surface area (Å²) in [7, 11) is 0. The lowest BCUT2D eigenvalue weighted by Crippen LogP contribution is -2.16. The van der Waals surface area contributed by atoms with Gasteiger partial charge in [0, 0.05) is 5.56 Å². The molecule has 0 heterocycles. The van der Waals surface area contributed by atoms with Gasteiger partial charge in [-0.25, -0.2) is 0 Å². The standard InChI is InChI=1S/C14H18O4/c1-2-3-4-12(14(17)18)9-10-5-7-11(8-6-10)13(15)16/h2,5-8,12-13,15-16H,1,3-4,9H2,(H,17,18). The first-order chi connectivity index (χ1) is 8.54. The summed E-state index contributed by atoms with van der Waals surface area (Å²) in [5.74, 6) is -1.25. The van der Waals surface area contributed by atoms with Crippen LogP contribution in [-0.4, -0.2) is 21.3 Å². The average Bonchev–Trinajstić information content (AvgIpc) is 2.34. The molecule has 4 heteroatoms. The van der Waals surface area contributed by atoms with E-state index < -0.39 is 18.2 Å². The molecule has 1 rings (SSSR count). The van der Waals surface area contributed by atoms with Crippen LogP contribution in [0.1, 0.15) is 30.3 Å². The quantitative estimate of drug-likeness (QED) is 0.510. The van der Waals surface area contributed by atoms with Crippen LogP contribution in [0.5, 0.6) is 0 Å². The Hall–Kier alpha value is -1.65. The van der Waals surface area contributed by atoms with Crippen molar-refractivity contribution in [1.82, 2.24) is 0 Å². The lowest BCUT2D eigenvalue weighted by atomic mass is 9.94. The van der Waals surface area contributed by atoms with E-state index in [0.717, 1.165) is 5.56 Å². The van der Waals surface area contributed by atoms with Crippen molar-refractivity contribution in [1.29, 1.82) is 0 Å². The Morgan fingerprint density at radius 2 is 1.89 bits per heavy atom. The number of aliphatic carboxylic acids is 1. The summed E-state index contributed by atoms with van der Waals surface area (Å²) in [6.07, 6.45) is 1.88. The Kier molecular flexibility index (Phi) is 5.55. The van der Waals surface area contributed by atoms with E-state index >= 15 is 0 Å². The fourth-order valence-corrected chi connectivity index (χ4v) is 1.74. The molecule has 3 N–H and O–H groups in total. The number of aliphatic hydroxyl groups excluding tert-OH is 1. The predicted molar refractivity (Wildman–Crippen MR) is 67.9 cm³/mol. The highest BCUT2D eigenvalue weighted by molar-refractivity contribution is 5.70. The first-order valence-electron chi connectivity index (χ1n) is 5.83. The monoisotopic (exact) mass is 250 g/mol. The Morgan fingerprint density at radius 3 is 2.33 bits per heavy atom. The number of carboxylic acid groups (broad SMARTS) is 1. The van der Waals surface area contributed by atoms with Crippen LogP contribution in [-0.2, 0) is 11.2 Å². The maximum absolute atomic E-state index is 11.1. The Morgan fingerprint density at radius 1 is 1.28 bits per heavy atom. The lowest BCUT2D eigenvalue weighted by molar-refractivity contribution is -0.141. The highest BCUT2D eigenvalue weighted by atomic mass is 16.5. The molecule has 4 nitrogen and oxygen atoms in total. The van der Waals surface area contributed by atoms with Gasteiger partial charge in [0.1, 0.15) is 0 Å². The second-order valence-electron chi connectivity index (χ2n) is 4.22. The van der Waals surface area contributed by atoms with Gasteiger partial charge >= 0.3 is 5.97 Å². The van der Waals surface area contributed by atoms with Crippen molar-refractivity contribution in [2.45, 2.75) is 25.6 Å². The van der Waals surface area contributed by atoms with Gasteiger partial charge in [0.05, 0.1) is 5.92 Å². The fourth-order valence-electron chi connectivity index (χ4n) is 1.74. The summed E-state index contributed by atoms with van der Waals surface area (Å²) < 4.78 is 0. The smallest absolute Gasteiger partial charge is 0.306 e. The largest absolute Gasteiger partial charge is 0.481 e. The molecular formula is C14H18O4. The number of rotatable bonds is 7. The summed E-state index contributed by atoms with van der Waals surface area (Å²) in [6.45, 7) is 3.58. The minimum Gasteiger partial charge on any atom is -0.481 e. The minimum absolute atomic E-state index is 0.400. The molecule has 0 aliphatic rings. The first-order valence-corrected chi connectivity index (χ1v) is 5.83. The van der Waals surface area contributed by atoms with Gasteiger partial charge in [-0.3, -0.25) is 4.79 Å². The van der Waals surface area contributed by atoms with Gasteiger partial charge in [-0.05, 0) is 24.8 Å². The van der Waals surface area contributed by atoms with Crippen molar-refractivity contribution in [2.75, 3.05) is 0 Å². The number of benzene rings is 1. The summed E-state index contributed by atoms with van der Waals surface area (Å²) >= 11 is 0. The maximum Gasteiger partial charge on any atom is 0.306 e. The SMILES string of the molecule is C=CCCC(Cc1ccc(C(O)O)cc1)C(=O)O. The maximum atomic E-state index is 11.1. The molecule has 0 aliphatic heterocycles. The van der Waals surface area contributed by atoms with Crippen LogP contribution in [0.3, 0.4) is 0 Å². The molecule has 0 saturated heterocycles. The zero-order valence-electron chi connectivity index (χ0n) is 10.1. The van der Waals surface area contributed by atoms with E-state index in [0.29, 0.717) is 24.8 Å². The van der Waals surface area contributed by atoms with Gasteiger partial charge in [0.15, 0.2) is 6.29 Å². The Balaban J connectivity index is 2.68. The zero-order valence-corrected chi connectivity index (χ0v) is 10.1. The second-order valence-corrected chi connectivity index (χ2v) is 4.22. The Labute approximate surface area is 106 Å². The fraction of sp³-hybridized carbons (Fsp3) is 0.357. The highest BCUT2D eigenvalue weighted by Crippen LogP contribution is 2.17. The van der Waals surface area contributed by atoms with Gasteiger partial charge < -0.3 is 15.3 Å². The number of carboxylic acids is 1. The predicted octanol–water partition coefficient (Wildman–Crippen LogP) is 1.88.